The van der Waals surface area contributed by atoms with Crippen molar-refractivity contribution in [3.8, 4) is 5.75 Å². The maximum Gasteiger partial charge on any atom is 0.298 e. The normalized spacial score (nSPS) is 15.7. The van der Waals surface area contributed by atoms with Crippen LogP contribution in [0.25, 0.3) is 11.1 Å². The number of fused-ring (bicyclic) bond motifs is 1. The summed E-state index contributed by atoms with van der Waals surface area (Å²) in [7, 11) is -3.52. The minimum Gasteiger partial charge on any atom is -0.494 e. The fraction of sp³-hybridized carbons (Fsp3) is 0.381. The van der Waals surface area contributed by atoms with Crippen molar-refractivity contribution >= 4 is 27.1 Å². The van der Waals surface area contributed by atoms with E-state index in [-0.39, 0.29) is 10.8 Å². The van der Waals surface area contributed by atoms with Crippen LogP contribution in [0, 0.1) is 5.92 Å². The van der Waals surface area contributed by atoms with E-state index in [1.165, 1.54) is 0 Å². The van der Waals surface area contributed by atoms with Crippen molar-refractivity contribution in [2.24, 2.45) is 5.92 Å². The standard InChI is InChI=1S/C21H25N3O4S/c1-2-27-17-7-9-18(10-8-17)29(25,26)22-15-16-11-13-24(14-12-16)21-23-19-5-3-4-6-20(19)28-21/h3-10,16,22H,2,11-15H2,1H3. The topological polar surface area (TPSA) is 84.7 Å². The number of oxazole rings is 1. The van der Waals surface area contributed by atoms with E-state index in [0.717, 1.165) is 37.0 Å². The van der Waals surface area contributed by atoms with Crippen molar-refractivity contribution in [1.82, 2.24) is 9.71 Å². The predicted molar refractivity (Wildman–Crippen MR) is 112 cm³/mol. The van der Waals surface area contributed by atoms with Crippen molar-refractivity contribution in [2.75, 3.05) is 31.1 Å². The fourth-order valence-electron chi connectivity index (χ4n) is 3.52. The van der Waals surface area contributed by atoms with Gasteiger partial charge in [-0.25, -0.2) is 13.1 Å². The maximum absolute atomic E-state index is 12.5. The van der Waals surface area contributed by atoms with E-state index >= 15 is 0 Å². The molecule has 0 atom stereocenters. The smallest absolute Gasteiger partial charge is 0.298 e. The molecule has 0 unspecified atom stereocenters. The fourth-order valence-corrected chi connectivity index (χ4v) is 4.63. The largest absolute Gasteiger partial charge is 0.494 e. The minimum atomic E-state index is -3.52. The van der Waals surface area contributed by atoms with Gasteiger partial charge < -0.3 is 14.1 Å². The number of para-hydroxylation sites is 2. The summed E-state index contributed by atoms with van der Waals surface area (Å²) in [6.07, 6.45) is 1.76. The number of anilines is 1. The van der Waals surface area contributed by atoms with Gasteiger partial charge in [0.1, 0.15) is 11.3 Å². The second kappa shape index (κ2) is 8.42. The number of benzene rings is 2. The first kappa shape index (κ1) is 19.7. The minimum absolute atomic E-state index is 0.255. The third kappa shape index (κ3) is 4.54. The molecule has 4 rings (SSSR count). The zero-order valence-electron chi connectivity index (χ0n) is 16.4. The molecule has 0 saturated carbocycles. The molecule has 1 fully saturated rings. The molecule has 154 valence electrons. The number of ether oxygens (including phenoxy) is 1. The van der Waals surface area contributed by atoms with Gasteiger partial charge in [-0.05, 0) is 62.1 Å². The number of sulfonamides is 1. The average molecular weight is 416 g/mol. The lowest BCUT2D eigenvalue weighted by molar-refractivity contribution is 0.340. The molecule has 3 aromatic rings. The molecule has 1 aliphatic heterocycles. The van der Waals surface area contributed by atoms with E-state index in [9.17, 15) is 8.42 Å². The number of nitrogens with zero attached hydrogens (tertiary/aromatic N) is 2. The van der Waals surface area contributed by atoms with Gasteiger partial charge in [0.2, 0.25) is 10.0 Å². The Morgan fingerprint density at radius 1 is 1.14 bits per heavy atom. The summed E-state index contributed by atoms with van der Waals surface area (Å²) in [5.41, 5.74) is 1.64. The lowest BCUT2D eigenvalue weighted by Crippen LogP contribution is -2.38. The van der Waals surface area contributed by atoms with Crippen LogP contribution in [0.2, 0.25) is 0 Å². The van der Waals surface area contributed by atoms with Crippen LogP contribution in [0.3, 0.4) is 0 Å². The van der Waals surface area contributed by atoms with Crippen molar-refractivity contribution in [3.63, 3.8) is 0 Å². The van der Waals surface area contributed by atoms with Gasteiger partial charge in [0.25, 0.3) is 6.01 Å². The molecule has 1 N–H and O–H groups in total. The van der Waals surface area contributed by atoms with Crippen molar-refractivity contribution in [1.29, 1.82) is 0 Å². The van der Waals surface area contributed by atoms with E-state index in [4.69, 9.17) is 9.15 Å². The van der Waals surface area contributed by atoms with Crippen molar-refractivity contribution < 1.29 is 17.6 Å². The van der Waals surface area contributed by atoms with Gasteiger partial charge in [-0.15, -0.1) is 0 Å². The molecule has 1 aliphatic rings. The molecule has 0 spiro atoms. The van der Waals surface area contributed by atoms with E-state index in [1.54, 1.807) is 24.3 Å². The Kier molecular flexibility index (Phi) is 5.73. The number of piperidine rings is 1. The zero-order chi connectivity index (χ0) is 20.3. The maximum atomic E-state index is 12.5. The molecule has 0 bridgehead atoms. The lowest BCUT2D eigenvalue weighted by Gasteiger charge is -2.30. The van der Waals surface area contributed by atoms with E-state index < -0.39 is 10.0 Å². The average Bonchev–Trinajstić information content (AvgIpc) is 3.18. The monoisotopic (exact) mass is 415 g/mol. The molecule has 2 aromatic carbocycles. The summed E-state index contributed by atoms with van der Waals surface area (Å²) >= 11 is 0. The second-order valence-electron chi connectivity index (χ2n) is 7.15. The Labute approximate surface area is 170 Å². The Morgan fingerprint density at radius 3 is 2.55 bits per heavy atom. The van der Waals surface area contributed by atoms with Gasteiger partial charge in [0.15, 0.2) is 5.58 Å². The quantitative estimate of drug-likeness (QED) is 0.636. The molecule has 2 heterocycles. The Morgan fingerprint density at radius 2 is 1.86 bits per heavy atom. The van der Waals surface area contributed by atoms with E-state index in [0.29, 0.717) is 24.9 Å². The van der Waals surface area contributed by atoms with Gasteiger partial charge in [-0.3, -0.25) is 0 Å². The highest BCUT2D eigenvalue weighted by molar-refractivity contribution is 7.89. The zero-order valence-corrected chi connectivity index (χ0v) is 17.2. The van der Waals surface area contributed by atoms with E-state index in [1.807, 2.05) is 31.2 Å². The highest BCUT2D eigenvalue weighted by Gasteiger charge is 2.24. The number of aromatic nitrogens is 1. The second-order valence-corrected chi connectivity index (χ2v) is 8.92. The number of hydrogen-bond donors (Lipinski definition) is 1. The highest BCUT2D eigenvalue weighted by atomic mass is 32.2. The molecule has 0 radical (unpaired) electrons. The van der Waals surface area contributed by atoms with Crippen LogP contribution in [0.1, 0.15) is 19.8 Å². The molecular weight excluding hydrogens is 390 g/mol. The van der Waals surface area contributed by atoms with Crippen LogP contribution in [-0.2, 0) is 10.0 Å². The summed E-state index contributed by atoms with van der Waals surface area (Å²) in [6.45, 7) is 4.45. The summed E-state index contributed by atoms with van der Waals surface area (Å²) in [5.74, 6) is 0.950. The van der Waals surface area contributed by atoms with Crippen LogP contribution in [0.4, 0.5) is 6.01 Å². The van der Waals surface area contributed by atoms with Crippen LogP contribution in [-0.4, -0.2) is 39.6 Å². The van der Waals surface area contributed by atoms with Gasteiger partial charge in [0, 0.05) is 19.6 Å². The van der Waals surface area contributed by atoms with E-state index in [2.05, 4.69) is 14.6 Å². The first-order valence-corrected chi connectivity index (χ1v) is 11.4. The summed E-state index contributed by atoms with van der Waals surface area (Å²) in [5, 5.41) is 0. The lowest BCUT2D eigenvalue weighted by atomic mass is 9.97. The van der Waals surface area contributed by atoms with Crippen LogP contribution < -0.4 is 14.4 Å². The number of rotatable bonds is 7. The predicted octanol–water partition coefficient (Wildman–Crippen LogP) is 3.42. The molecule has 0 amide bonds. The third-order valence-electron chi connectivity index (χ3n) is 5.17. The van der Waals surface area contributed by atoms with Crippen LogP contribution in [0.15, 0.2) is 57.8 Å². The van der Waals surface area contributed by atoms with Crippen LogP contribution in [0.5, 0.6) is 5.75 Å². The van der Waals surface area contributed by atoms with Gasteiger partial charge >= 0.3 is 0 Å². The molecule has 1 aromatic heterocycles. The highest BCUT2D eigenvalue weighted by Crippen LogP contribution is 2.26. The molecule has 8 heteroatoms. The molecule has 7 nitrogen and oxygen atoms in total. The van der Waals surface area contributed by atoms with Gasteiger partial charge in [-0.1, -0.05) is 12.1 Å². The van der Waals surface area contributed by atoms with Crippen molar-refractivity contribution in [2.45, 2.75) is 24.7 Å². The Hall–Kier alpha value is -2.58. The first-order valence-electron chi connectivity index (χ1n) is 9.88. The molecule has 0 aliphatic carbocycles. The number of nitrogens with one attached hydrogen (secondary N) is 1. The number of hydrogen-bond acceptors (Lipinski definition) is 6. The Balaban J connectivity index is 1.31. The van der Waals surface area contributed by atoms with Crippen LogP contribution >= 0.6 is 0 Å². The summed E-state index contributed by atoms with van der Waals surface area (Å²) in [6, 6.07) is 14.9. The Bertz CT molecular complexity index is 1020. The molecular formula is C21H25N3O4S. The summed E-state index contributed by atoms with van der Waals surface area (Å²) < 4.78 is 39.0. The van der Waals surface area contributed by atoms with Crippen molar-refractivity contribution in [3.05, 3.63) is 48.5 Å². The molecule has 1 saturated heterocycles. The molecule has 29 heavy (non-hydrogen) atoms. The first-order chi connectivity index (χ1) is 14.0. The van der Waals surface area contributed by atoms with Gasteiger partial charge in [-0.2, -0.15) is 4.98 Å². The summed E-state index contributed by atoms with van der Waals surface area (Å²) in [4.78, 5) is 6.92. The third-order valence-corrected chi connectivity index (χ3v) is 6.61. The SMILES string of the molecule is CCOc1ccc(S(=O)(=O)NCC2CCN(c3nc4ccccc4o3)CC2)cc1. The van der Waals surface area contributed by atoms with Gasteiger partial charge in [0.05, 0.1) is 11.5 Å².